The first-order chi connectivity index (χ1) is 15.6. The van der Waals surface area contributed by atoms with Gasteiger partial charge in [-0.2, -0.15) is 0 Å². The summed E-state index contributed by atoms with van der Waals surface area (Å²) in [5.41, 5.74) is 3.59. The molecule has 6 heteroatoms. The molecule has 0 bridgehead atoms. The van der Waals surface area contributed by atoms with Gasteiger partial charge in [-0.05, 0) is 59.2 Å². The normalized spacial score (nSPS) is 11.1. The van der Waals surface area contributed by atoms with Gasteiger partial charge in [-0.15, -0.1) is 0 Å². The SMILES string of the molecule is CNc1ccc2cc(-c3ccc4oc(=O)cc(-c5ccc(OC)cc5)c4c3)c(=O)oc2c1. The maximum atomic E-state index is 12.8. The molecule has 0 saturated carbocycles. The monoisotopic (exact) mass is 425 g/mol. The number of rotatable bonds is 4. The van der Waals surface area contributed by atoms with Crippen LogP contribution in [0.4, 0.5) is 5.69 Å². The van der Waals surface area contributed by atoms with Crippen LogP contribution in [0, 0.1) is 0 Å². The molecule has 0 spiro atoms. The molecular weight excluding hydrogens is 406 g/mol. The van der Waals surface area contributed by atoms with Crippen LogP contribution in [0.3, 0.4) is 0 Å². The van der Waals surface area contributed by atoms with Crippen LogP contribution >= 0.6 is 0 Å². The van der Waals surface area contributed by atoms with Gasteiger partial charge >= 0.3 is 11.3 Å². The third kappa shape index (κ3) is 3.41. The van der Waals surface area contributed by atoms with Crippen LogP contribution in [0.15, 0.2) is 91.2 Å². The van der Waals surface area contributed by atoms with Crippen LogP contribution in [-0.2, 0) is 0 Å². The molecule has 32 heavy (non-hydrogen) atoms. The van der Waals surface area contributed by atoms with Gasteiger partial charge in [0.1, 0.15) is 16.9 Å². The van der Waals surface area contributed by atoms with Crippen LogP contribution in [0.1, 0.15) is 0 Å². The molecule has 0 radical (unpaired) electrons. The van der Waals surface area contributed by atoms with Crippen molar-refractivity contribution in [2.45, 2.75) is 0 Å². The average molecular weight is 425 g/mol. The second-order valence-corrected chi connectivity index (χ2v) is 7.37. The molecule has 0 aliphatic heterocycles. The Kier molecular flexibility index (Phi) is 4.75. The zero-order valence-electron chi connectivity index (χ0n) is 17.5. The quantitative estimate of drug-likeness (QED) is 0.394. The molecule has 0 atom stereocenters. The molecular formula is C26H19NO5. The van der Waals surface area contributed by atoms with E-state index in [4.69, 9.17) is 13.6 Å². The highest BCUT2D eigenvalue weighted by Gasteiger charge is 2.13. The van der Waals surface area contributed by atoms with Gasteiger partial charge < -0.3 is 18.9 Å². The molecule has 0 unspecified atom stereocenters. The highest BCUT2D eigenvalue weighted by Crippen LogP contribution is 2.32. The van der Waals surface area contributed by atoms with Gasteiger partial charge in [0, 0.05) is 35.6 Å². The van der Waals surface area contributed by atoms with Crippen molar-refractivity contribution in [1.82, 2.24) is 0 Å². The number of hydrogen-bond acceptors (Lipinski definition) is 6. The van der Waals surface area contributed by atoms with Crippen molar-refractivity contribution in [2.24, 2.45) is 0 Å². The first kappa shape index (κ1) is 19.6. The third-order valence-corrected chi connectivity index (χ3v) is 5.48. The minimum Gasteiger partial charge on any atom is -0.497 e. The number of fused-ring (bicyclic) bond motifs is 2. The Morgan fingerprint density at radius 3 is 2.28 bits per heavy atom. The Labute approximate surface area is 182 Å². The van der Waals surface area contributed by atoms with Crippen molar-refractivity contribution in [3.8, 4) is 28.0 Å². The minimum atomic E-state index is -0.443. The van der Waals surface area contributed by atoms with Crippen molar-refractivity contribution in [1.29, 1.82) is 0 Å². The van der Waals surface area contributed by atoms with Crippen molar-refractivity contribution in [3.63, 3.8) is 0 Å². The van der Waals surface area contributed by atoms with E-state index in [2.05, 4.69) is 5.32 Å². The lowest BCUT2D eigenvalue weighted by atomic mass is 9.98. The number of ether oxygens (including phenoxy) is 1. The average Bonchev–Trinajstić information content (AvgIpc) is 2.82. The lowest BCUT2D eigenvalue weighted by Gasteiger charge is -2.09. The number of anilines is 1. The lowest BCUT2D eigenvalue weighted by Crippen LogP contribution is -2.03. The molecule has 6 nitrogen and oxygen atoms in total. The second kappa shape index (κ2) is 7.74. The molecule has 0 aliphatic rings. The molecule has 3 aromatic carbocycles. The molecule has 158 valence electrons. The largest absolute Gasteiger partial charge is 0.497 e. The Morgan fingerprint density at radius 1 is 0.750 bits per heavy atom. The fraction of sp³-hybridized carbons (Fsp3) is 0.0769. The molecule has 5 rings (SSSR count). The number of methoxy groups -OCH3 is 1. The highest BCUT2D eigenvalue weighted by molar-refractivity contribution is 5.96. The van der Waals surface area contributed by atoms with Crippen molar-refractivity contribution in [2.75, 3.05) is 19.5 Å². The molecule has 2 heterocycles. The number of benzene rings is 3. The van der Waals surface area contributed by atoms with Gasteiger partial charge in [-0.3, -0.25) is 0 Å². The fourth-order valence-corrected chi connectivity index (χ4v) is 3.81. The zero-order chi connectivity index (χ0) is 22.2. The lowest BCUT2D eigenvalue weighted by molar-refractivity contribution is 0.415. The fourth-order valence-electron chi connectivity index (χ4n) is 3.81. The maximum Gasteiger partial charge on any atom is 0.344 e. The second-order valence-electron chi connectivity index (χ2n) is 7.37. The summed E-state index contributed by atoms with van der Waals surface area (Å²) in [6.07, 6.45) is 0. The van der Waals surface area contributed by atoms with Crippen LogP contribution in [0.2, 0.25) is 0 Å². The Bertz CT molecular complexity index is 1580. The third-order valence-electron chi connectivity index (χ3n) is 5.48. The summed E-state index contributed by atoms with van der Waals surface area (Å²) < 4.78 is 16.2. The number of hydrogen-bond donors (Lipinski definition) is 1. The number of nitrogens with one attached hydrogen (secondary N) is 1. The van der Waals surface area contributed by atoms with Crippen LogP contribution < -0.4 is 21.3 Å². The zero-order valence-corrected chi connectivity index (χ0v) is 17.5. The van der Waals surface area contributed by atoms with E-state index in [0.29, 0.717) is 27.9 Å². The maximum absolute atomic E-state index is 12.8. The van der Waals surface area contributed by atoms with Gasteiger partial charge in [0.25, 0.3) is 0 Å². The van der Waals surface area contributed by atoms with E-state index in [1.807, 2.05) is 55.6 Å². The predicted molar refractivity (Wildman–Crippen MR) is 125 cm³/mol. The van der Waals surface area contributed by atoms with E-state index in [9.17, 15) is 9.59 Å². The van der Waals surface area contributed by atoms with Crippen molar-refractivity contribution in [3.05, 3.63) is 93.6 Å². The van der Waals surface area contributed by atoms with Crippen LogP contribution in [0.5, 0.6) is 5.75 Å². The van der Waals surface area contributed by atoms with Gasteiger partial charge in [-0.25, -0.2) is 9.59 Å². The van der Waals surface area contributed by atoms with Gasteiger partial charge in [0.15, 0.2) is 0 Å². The molecule has 0 fully saturated rings. The molecule has 5 aromatic rings. The first-order valence-electron chi connectivity index (χ1n) is 10.0. The molecule has 0 amide bonds. The molecule has 2 aromatic heterocycles. The molecule has 0 aliphatic carbocycles. The standard InChI is InChI=1S/C26H19NO5/c1-27-18-7-3-17-12-21(26(29)32-24(17)13-18)16-6-10-23-22(11-16)20(14-25(28)31-23)15-4-8-19(30-2)9-5-15/h3-14,27H,1-2H3. The van der Waals surface area contributed by atoms with Gasteiger partial charge in [-0.1, -0.05) is 18.2 Å². The smallest absolute Gasteiger partial charge is 0.344 e. The van der Waals surface area contributed by atoms with Gasteiger partial charge in [0.2, 0.25) is 0 Å². The van der Waals surface area contributed by atoms with E-state index >= 15 is 0 Å². The van der Waals surface area contributed by atoms with Crippen LogP contribution in [-0.4, -0.2) is 14.2 Å². The predicted octanol–water partition coefficient (Wildman–Crippen LogP) is 5.28. The van der Waals surface area contributed by atoms with E-state index in [0.717, 1.165) is 27.8 Å². The van der Waals surface area contributed by atoms with Crippen LogP contribution in [0.25, 0.3) is 44.2 Å². The molecule has 0 saturated heterocycles. The summed E-state index contributed by atoms with van der Waals surface area (Å²) in [6.45, 7) is 0. The highest BCUT2D eigenvalue weighted by atomic mass is 16.5. The van der Waals surface area contributed by atoms with E-state index in [-0.39, 0.29) is 0 Å². The first-order valence-corrected chi connectivity index (χ1v) is 10.0. The Hall–Kier alpha value is -4.32. The summed E-state index contributed by atoms with van der Waals surface area (Å²) in [7, 11) is 3.41. The van der Waals surface area contributed by atoms with E-state index in [1.165, 1.54) is 6.07 Å². The summed E-state index contributed by atoms with van der Waals surface area (Å²) >= 11 is 0. The van der Waals surface area contributed by atoms with E-state index in [1.54, 1.807) is 25.3 Å². The Balaban J connectivity index is 1.70. The Morgan fingerprint density at radius 2 is 1.53 bits per heavy atom. The molecule has 1 N–H and O–H groups in total. The van der Waals surface area contributed by atoms with Crippen molar-refractivity contribution >= 4 is 27.6 Å². The summed E-state index contributed by atoms with van der Waals surface area (Å²) in [5.74, 6) is 0.719. The summed E-state index contributed by atoms with van der Waals surface area (Å²) in [5, 5.41) is 4.57. The summed E-state index contributed by atoms with van der Waals surface area (Å²) in [4.78, 5) is 24.9. The minimum absolute atomic E-state index is 0.434. The van der Waals surface area contributed by atoms with E-state index < -0.39 is 11.3 Å². The van der Waals surface area contributed by atoms with Crippen molar-refractivity contribution < 1.29 is 13.6 Å². The summed E-state index contributed by atoms with van der Waals surface area (Å²) in [6, 6.07) is 21.6. The van der Waals surface area contributed by atoms with Gasteiger partial charge in [0.05, 0.1) is 12.7 Å². The topological polar surface area (TPSA) is 81.7 Å².